The summed E-state index contributed by atoms with van der Waals surface area (Å²) in [5, 5.41) is 12.4. The van der Waals surface area contributed by atoms with Crippen LogP contribution in [0.15, 0.2) is 18.2 Å². The third-order valence-electron chi connectivity index (χ3n) is 3.89. The molecule has 1 aliphatic rings. The molecule has 1 atom stereocenters. The Morgan fingerprint density at radius 1 is 1.35 bits per heavy atom. The number of aliphatic hydroxyl groups is 1. The topological polar surface area (TPSA) is 41.5 Å². The van der Waals surface area contributed by atoms with Gasteiger partial charge in [-0.15, -0.1) is 0 Å². The largest absolute Gasteiger partial charge is 0.494 e. The molecular weight excluding hydrogens is 250 g/mol. The Bertz CT molecular complexity index is 406. The van der Waals surface area contributed by atoms with Gasteiger partial charge < -0.3 is 15.2 Å². The molecule has 1 aromatic carbocycles. The Morgan fingerprint density at radius 3 is 3.05 bits per heavy atom. The van der Waals surface area contributed by atoms with Gasteiger partial charge in [0.25, 0.3) is 0 Å². The van der Waals surface area contributed by atoms with Crippen molar-refractivity contribution >= 4 is 0 Å². The summed E-state index contributed by atoms with van der Waals surface area (Å²) in [4.78, 5) is 0. The number of aliphatic hydroxyl groups excluding tert-OH is 1. The molecule has 3 heteroatoms. The predicted molar refractivity (Wildman–Crippen MR) is 82.2 cm³/mol. The minimum atomic E-state index is 0.248. The molecule has 0 amide bonds. The SMILES string of the molecule is CCCNC1CCCc2cc(OCCCCO)ccc21. The summed E-state index contributed by atoms with van der Waals surface area (Å²) in [7, 11) is 0. The highest BCUT2D eigenvalue weighted by Crippen LogP contribution is 2.32. The molecule has 0 aliphatic heterocycles. The van der Waals surface area contributed by atoms with Gasteiger partial charge in [-0.05, 0) is 68.3 Å². The van der Waals surface area contributed by atoms with E-state index in [1.54, 1.807) is 0 Å². The maximum Gasteiger partial charge on any atom is 0.119 e. The van der Waals surface area contributed by atoms with Crippen LogP contribution in [0.5, 0.6) is 5.75 Å². The summed E-state index contributed by atoms with van der Waals surface area (Å²) in [5.74, 6) is 0.970. The second kappa shape index (κ2) is 8.28. The summed E-state index contributed by atoms with van der Waals surface area (Å²) >= 11 is 0. The fraction of sp³-hybridized carbons (Fsp3) is 0.647. The fourth-order valence-electron chi connectivity index (χ4n) is 2.81. The Morgan fingerprint density at radius 2 is 2.25 bits per heavy atom. The van der Waals surface area contributed by atoms with Gasteiger partial charge in [0, 0.05) is 12.6 Å². The minimum absolute atomic E-state index is 0.248. The standard InChI is InChI=1S/C17H27NO2/c1-2-10-18-17-7-5-6-14-13-15(8-9-16(14)17)20-12-4-3-11-19/h8-9,13,17-19H,2-7,10-12H2,1H3. The van der Waals surface area contributed by atoms with Crippen molar-refractivity contribution in [3.05, 3.63) is 29.3 Å². The average molecular weight is 277 g/mol. The van der Waals surface area contributed by atoms with Crippen molar-refractivity contribution in [1.82, 2.24) is 5.32 Å². The van der Waals surface area contributed by atoms with Gasteiger partial charge in [-0.25, -0.2) is 0 Å². The Balaban J connectivity index is 1.96. The summed E-state index contributed by atoms with van der Waals surface area (Å²) in [5.41, 5.74) is 2.89. The maximum absolute atomic E-state index is 8.76. The van der Waals surface area contributed by atoms with Crippen molar-refractivity contribution < 1.29 is 9.84 Å². The van der Waals surface area contributed by atoms with Crippen LogP contribution in [0, 0.1) is 0 Å². The second-order valence-electron chi connectivity index (χ2n) is 5.54. The van der Waals surface area contributed by atoms with E-state index in [0.29, 0.717) is 12.6 Å². The van der Waals surface area contributed by atoms with Crippen molar-refractivity contribution in [3.8, 4) is 5.75 Å². The van der Waals surface area contributed by atoms with E-state index >= 15 is 0 Å². The molecule has 0 fully saturated rings. The van der Waals surface area contributed by atoms with Crippen molar-refractivity contribution in [2.24, 2.45) is 0 Å². The third-order valence-corrected chi connectivity index (χ3v) is 3.89. The van der Waals surface area contributed by atoms with E-state index in [4.69, 9.17) is 9.84 Å². The van der Waals surface area contributed by atoms with Crippen LogP contribution in [0.2, 0.25) is 0 Å². The summed E-state index contributed by atoms with van der Waals surface area (Å²) in [6.45, 7) is 4.23. The quantitative estimate of drug-likeness (QED) is 0.717. The number of aryl methyl sites for hydroxylation is 1. The highest BCUT2D eigenvalue weighted by molar-refractivity contribution is 5.39. The molecule has 2 rings (SSSR count). The summed E-state index contributed by atoms with van der Waals surface area (Å²) in [6, 6.07) is 7.03. The van der Waals surface area contributed by atoms with Gasteiger partial charge in [-0.3, -0.25) is 0 Å². The molecule has 112 valence electrons. The number of unbranched alkanes of at least 4 members (excludes halogenated alkanes) is 1. The zero-order chi connectivity index (χ0) is 14.2. The van der Waals surface area contributed by atoms with E-state index in [1.807, 2.05) is 0 Å². The lowest BCUT2D eigenvalue weighted by atomic mass is 9.87. The molecule has 0 saturated carbocycles. The molecule has 0 saturated heterocycles. The Kier molecular flexibility index (Phi) is 6.34. The van der Waals surface area contributed by atoms with Gasteiger partial charge >= 0.3 is 0 Å². The Hall–Kier alpha value is -1.06. The van der Waals surface area contributed by atoms with Crippen molar-refractivity contribution in [1.29, 1.82) is 0 Å². The van der Waals surface area contributed by atoms with Crippen LogP contribution >= 0.6 is 0 Å². The second-order valence-corrected chi connectivity index (χ2v) is 5.54. The maximum atomic E-state index is 8.76. The van der Waals surface area contributed by atoms with Crippen LogP contribution in [-0.4, -0.2) is 24.9 Å². The van der Waals surface area contributed by atoms with E-state index in [2.05, 4.69) is 30.4 Å². The van der Waals surface area contributed by atoms with Crippen LogP contribution in [0.1, 0.15) is 56.2 Å². The lowest BCUT2D eigenvalue weighted by Gasteiger charge is -2.27. The molecule has 2 N–H and O–H groups in total. The lowest BCUT2D eigenvalue weighted by Crippen LogP contribution is -2.25. The first-order chi connectivity index (χ1) is 9.85. The summed E-state index contributed by atoms with van der Waals surface area (Å²) in [6.07, 6.45) is 6.56. The van der Waals surface area contributed by atoms with Gasteiger partial charge in [0.15, 0.2) is 0 Å². The first-order valence-corrected chi connectivity index (χ1v) is 7.95. The number of hydrogen-bond donors (Lipinski definition) is 2. The van der Waals surface area contributed by atoms with Crippen molar-refractivity contribution in [3.63, 3.8) is 0 Å². The van der Waals surface area contributed by atoms with E-state index in [1.165, 1.54) is 30.4 Å². The van der Waals surface area contributed by atoms with Gasteiger partial charge in [-0.2, -0.15) is 0 Å². The zero-order valence-corrected chi connectivity index (χ0v) is 12.5. The van der Waals surface area contributed by atoms with E-state index < -0.39 is 0 Å². The number of fused-ring (bicyclic) bond motifs is 1. The number of hydrogen-bond acceptors (Lipinski definition) is 3. The number of benzene rings is 1. The molecule has 1 aromatic rings. The lowest BCUT2D eigenvalue weighted by molar-refractivity contribution is 0.253. The summed E-state index contributed by atoms with van der Waals surface area (Å²) < 4.78 is 5.76. The molecule has 20 heavy (non-hydrogen) atoms. The normalized spacial score (nSPS) is 17.8. The fourth-order valence-corrected chi connectivity index (χ4v) is 2.81. The smallest absolute Gasteiger partial charge is 0.119 e. The van der Waals surface area contributed by atoms with Crippen LogP contribution in [0.3, 0.4) is 0 Å². The highest BCUT2D eigenvalue weighted by Gasteiger charge is 2.19. The molecule has 0 aromatic heterocycles. The predicted octanol–water partition coefficient (Wildman–Crippen LogP) is 3.21. The highest BCUT2D eigenvalue weighted by atomic mass is 16.5. The van der Waals surface area contributed by atoms with E-state index in [0.717, 1.165) is 31.6 Å². The van der Waals surface area contributed by atoms with Crippen molar-refractivity contribution in [2.75, 3.05) is 19.8 Å². The first kappa shape index (κ1) is 15.3. The van der Waals surface area contributed by atoms with Crippen LogP contribution in [0.25, 0.3) is 0 Å². The van der Waals surface area contributed by atoms with E-state index in [-0.39, 0.29) is 6.61 Å². The van der Waals surface area contributed by atoms with E-state index in [9.17, 15) is 0 Å². The molecule has 0 bridgehead atoms. The molecule has 3 nitrogen and oxygen atoms in total. The zero-order valence-electron chi connectivity index (χ0n) is 12.5. The van der Waals surface area contributed by atoms with Gasteiger partial charge in [0.05, 0.1) is 6.61 Å². The van der Waals surface area contributed by atoms with Gasteiger partial charge in [0.2, 0.25) is 0 Å². The molecular formula is C17H27NO2. The first-order valence-electron chi connectivity index (χ1n) is 7.95. The minimum Gasteiger partial charge on any atom is -0.494 e. The molecule has 0 spiro atoms. The average Bonchev–Trinajstić information content (AvgIpc) is 2.49. The van der Waals surface area contributed by atoms with Crippen molar-refractivity contribution in [2.45, 2.75) is 51.5 Å². The van der Waals surface area contributed by atoms with Crippen LogP contribution in [-0.2, 0) is 6.42 Å². The number of nitrogens with one attached hydrogen (secondary N) is 1. The molecule has 0 heterocycles. The molecule has 1 unspecified atom stereocenters. The van der Waals surface area contributed by atoms with Gasteiger partial charge in [0.1, 0.15) is 5.75 Å². The monoisotopic (exact) mass is 277 g/mol. The van der Waals surface area contributed by atoms with Crippen LogP contribution < -0.4 is 10.1 Å². The molecule has 0 radical (unpaired) electrons. The van der Waals surface area contributed by atoms with Gasteiger partial charge in [-0.1, -0.05) is 13.0 Å². The Labute approximate surface area is 122 Å². The van der Waals surface area contributed by atoms with Crippen LogP contribution in [0.4, 0.5) is 0 Å². The molecule has 1 aliphatic carbocycles. The number of ether oxygens (including phenoxy) is 1. The number of rotatable bonds is 8. The third kappa shape index (κ3) is 4.22.